The molecule has 1 heterocycles. The van der Waals surface area contributed by atoms with Crippen LogP contribution < -0.4 is 14.2 Å². The molecule has 2 aromatic rings. The van der Waals surface area contributed by atoms with Crippen molar-refractivity contribution in [1.82, 2.24) is 0 Å². The number of rotatable bonds is 6. The van der Waals surface area contributed by atoms with E-state index in [1.807, 2.05) is 42.5 Å². The van der Waals surface area contributed by atoms with Crippen molar-refractivity contribution in [3.05, 3.63) is 53.6 Å². The third-order valence-electron chi connectivity index (χ3n) is 3.65. The van der Waals surface area contributed by atoms with Crippen LogP contribution in [0, 0.1) is 0 Å². The standard InChI is InChI=1S/C18H20O5/c1-19-16-10-13(18-21-8-9-22-18)11-17(20-2)15(16)12-23-14-6-4-3-5-7-14/h3-7,10-11,18H,8-9,12H2,1-2H3. The number of methoxy groups -OCH3 is 2. The van der Waals surface area contributed by atoms with Crippen molar-refractivity contribution in [3.63, 3.8) is 0 Å². The highest BCUT2D eigenvalue weighted by atomic mass is 16.7. The van der Waals surface area contributed by atoms with Crippen molar-refractivity contribution in [3.8, 4) is 17.2 Å². The van der Waals surface area contributed by atoms with Gasteiger partial charge in [-0.2, -0.15) is 0 Å². The summed E-state index contributed by atoms with van der Waals surface area (Å²) in [5.74, 6) is 2.17. The highest BCUT2D eigenvalue weighted by Gasteiger charge is 2.22. The zero-order chi connectivity index (χ0) is 16.1. The van der Waals surface area contributed by atoms with Crippen LogP contribution >= 0.6 is 0 Å². The number of para-hydroxylation sites is 1. The first-order chi connectivity index (χ1) is 11.3. The molecule has 0 N–H and O–H groups in total. The first-order valence-electron chi connectivity index (χ1n) is 7.47. The average Bonchev–Trinajstić information content (AvgIpc) is 3.14. The Morgan fingerprint density at radius 2 is 1.57 bits per heavy atom. The van der Waals surface area contributed by atoms with E-state index in [0.717, 1.165) is 16.9 Å². The van der Waals surface area contributed by atoms with E-state index in [0.29, 0.717) is 31.3 Å². The van der Waals surface area contributed by atoms with E-state index in [4.69, 9.17) is 23.7 Å². The van der Waals surface area contributed by atoms with E-state index in [2.05, 4.69) is 0 Å². The lowest BCUT2D eigenvalue weighted by molar-refractivity contribution is -0.0443. The zero-order valence-electron chi connectivity index (χ0n) is 13.3. The van der Waals surface area contributed by atoms with Gasteiger partial charge in [0.15, 0.2) is 6.29 Å². The van der Waals surface area contributed by atoms with Crippen LogP contribution in [0.1, 0.15) is 17.4 Å². The Hall–Kier alpha value is -2.24. The highest BCUT2D eigenvalue weighted by molar-refractivity contribution is 5.48. The molecular weight excluding hydrogens is 296 g/mol. The Kier molecular flexibility index (Phi) is 5.00. The molecule has 0 bridgehead atoms. The molecule has 0 unspecified atom stereocenters. The molecule has 5 heteroatoms. The fraction of sp³-hybridized carbons (Fsp3) is 0.333. The Labute approximate surface area is 135 Å². The first-order valence-corrected chi connectivity index (χ1v) is 7.47. The predicted molar refractivity (Wildman–Crippen MR) is 85.0 cm³/mol. The minimum Gasteiger partial charge on any atom is -0.496 e. The Balaban J connectivity index is 1.85. The lowest BCUT2D eigenvalue weighted by atomic mass is 10.1. The summed E-state index contributed by atoms with van der Waals surface area (Å²) in [6.45, 7) is 1.53. The van der Waals surface area contributed by atoms with Gasteiger partial charge in [-0.25, -0.2) is 0 Å². The summed E-state index contributed by atoms with van der Waals surface area (Å²) in [4.78, 5) is 0. The molecule has 122 valence electrons. The minimum atomic E-state index is -0.373. The Morgan fingerprint density at radius 1 is 0.957 bits per heavy atom. The van der Waals surface area contributed by atoms with E-state index >= 15 is 0 Å². The molecule has 3 rings (SSSR count). The summed E-state index contributed by atoms with van der Waals surface area (Å²) < 4.78 is 27.9. The van der Waals surface area contributed by atoms with Crippen LogP contribution in [0.4, 0.5) is 0 Å². The smallest absolute Gasteiger partial charge is 0.184 e. The van der Waals surface area contributed by atoms with Crippen LogP contribution in [0.2, 0.25) is 0 Å². The summed E-state index contributed by atoms with van der Waals surface area (Å²) in [6, 6.07) is 13.4. The van der Waals surface area contributed by atoms with Gasteiger partial charge >= 0.3 is 0 Å². The summed E-state index contributed by atoms with van der Waals surface area (Å²) in [7, 11) is 3.25. The summed E-state index contributed by atoms with van der Waals surface area (Å²) in [6.07, 6.45) is -0.373. The average molecular weight is 316 g/mol. The largest absolute Gasteiger partial charge is 0.496 e. The summed E-state index contributed by atoms with van der Waals surface area (Å²) >= 11 is 0. The molecule has 0 spiro atoms. The number of benzene rings is 2. The first kappa shape index (κ1) is 15.6. The quantitative estimate of drug-likeness (QED) is 0.818. The Morgan fingerprint density at radius 3 is 2.13 bits per heavy atom. The summed E-state index contributed by atoms with van der Waals surface area (Å²) in [5, 5.41) is 0. The van der Waals surface area contributed by atoms with Gasteiger partial charge in [0.2, 0.25) is 0 Å². The molecule has 1 fully saturated rings. The second kappa shape index (κ2) is 7.35. The van der Waals surface area contributed by atoms with Crippen LogP contribution in [-0.2, 0) is 16.1 Å². The van der Waals surface area contributed by atoms with Gasteiger partial charge in [0.1, 0.15) is 23.9 Å². The molecule has 0 atom stereocenters. The van der Waals surface area contributed by atoms with Crippen molar-refractivity contribution in [2.75, 3.05) is 27.4 Å². The third kappa shape index (κ3) is 3.57. The normalized spacial score (nSPS) is 14.7. The fourth-order valence-electron chi connectivity index (χ4n) is 2.51. The van der Waals surface area contributed by atoms with Gasteiger partial charge in [0.25, 0.3) is 0 Å². The van der Waals surface area contributed by atoms with Crippen LogP contribution in [0.5, 0.6) is 17.2 Å². The maximum absolute atomic E-state index is 5.82. The van der Waals surface area contributed by atoms with Crippen LogP contribution in [0.25, 0.3) is 0 Å². The molecule has 2 aromatic carbocycles. The van der Waals surface area contributed by atoms with Crippen LogP contribution in [0.3, 0.4) is 0 Å². The van der Waals surface area contributed by atoms with E-state index in [-0.39, 0.29) is 6.29 Å². The van der Waals surface area contributed by atoms with Gasteiger partial charge in [-0.3, -0.25) is 0 Å². The van der Waals surface area contributed by atoms with E-state index in [1.54, 1.807) is 14.2 Å². The highest BCUT2D eigenvalue weighted by Crippen LogP contribution is 2.36. The predicted octanol–water partition coefficient (Wildman–Crippen LogP) is 3.33. The molecule has 0 aliphatic carbocycles. The monoisotopic (exact) mass is 316 g/mol. The molecule has 1 aliphatic heterocycles. The molecule has 23 heavy (non-hydrogen) atoms. The maximum atomic E-state index is 5.82. The van der Waals surface area contributed by atoms with Crippen molar-refractivity contribution in [2.24, 2.45) is 0 Å². The zero-order valence-corrected chi connectivity index (χ0v) is 13.3. The topological polar surface area (TPSA) is 46.2 Å². The van der Waals surface area contributed by atoms with Gasteiger partial charge in [0, 0.05) is 5.56 Å². The maximum Gasteiger partial charge on any atom is 0.184 e. The summed E-state index contributed by atoms with van der Waals surface area (Å²) in [5.41, 5.74) is 1.72. The number of hydrogen-bond donors (Lipinski definition) is 0. The molecule has 0 aromatic heterocycles. The van der Waals surface area contributed by atoms with Gasteiger partial charge in [-0.15, -0.1) is 0 Å². The van der Waals surface area contributed by atoms with E-state index in [1.165, 1.54) is 0 Å². The van der Waals surface area contributed by atoms with Crippen molar-refractivity contribution in [2.45, 2.75) is 12.9 Å². The molecule has 5 nitrogen and oxygen atoms in total. The van der Waals surface area contributed by atoms with Crippen molar-refractivity contribution < 1.29 is 23.7 Å². The SMILES string of the molecule is COc1cc(C2OCCO2)cc(OC)c1COc1ccccc1. The molecule has 0 saturated carbocycles. The molecule has 1 saturated heterocycles. The number of hydrogen-bond acceptors (Lipinski definition) is 5. The fourth-order valence-corrected chi connectivity index (χ4v) is 2.51. The van der Waals surface area contributed by atoms with Gasteiger partial charge in [0.05, 0.1) is 33.0 Å². The molecule has 0 radical (unpaired) electrons. The van der Waals surface area contributed by atoms with Crippen LogP contribution in [-0.4, -0.2) is 27.4 Å². The van der Waals surface area contributed by atoms with Crippen molar-refractivity contribution >= 4 is 0 Å². The van der Waals surface area contributed by atoms with Crippen molar-refractivity contribution in [1.29, 1.82) is 0 Å². The third-order valence-corrected chi connectivity index (χ3v) is 3.65. The van der Waals surface area contributed by atoms with E-state index < -0.39 is 0 Å². The Bertz CT molecular complexity index is 610. The van der Waals surface area contributed by atoms with Crippen LogP contribution in [0.15, 0.2) is 42.5 Å². The number of ether oxygens (including phenoxy) is 5. The lowest BCUT2D eigenvalue weighted by Crippen LogP contribution is -2.05. The lowest BCUT2D eigenvalue weighted by Gasteiger charge is -2.18. The minimum absolute atomic E-state index is 0.350. The molecule has 1 aliphatic rings. The van der Waals surface area contributed by atoms with Gasteiger partial charge in [-0.05, 0) is 24.3 Å². The second-order valence-corrected chi connectivity index (χ2v) is 5.08. The van der Waals surface area contributed by atoms with E-state index in [9.17, 15) is 0 Å². The molecule has 0 amide bonds. The second-order valence-electron chi connectivity index (χ2n) is 5.08. The molecular formula is C18H20O5. The van der Waals surface area contributed by atoms with Gasteiger partial charge < -0.3 is 23.7 Å². The van der Waals surface area contributed by atoms with Gasteiger partial charge in [-0.1, -0.05) is 18.2 Å².